The van der Waals surface area contributed by atoms with Crippen LogP contribution in [0.5, 0.6) is 0 Å². The first-order valence-electron chi connectivity index (χ1n) is 5.39. The highest BCUT2D eigenvalue weighted by Gasteiger charge is 2.64. The van der Waals surface area contributed by atoms with Gasteiger partial charge in [0.1, 0.15) is 0 Å². The minimum Gasteiger partial charge on any atom is -0.330 e. The summed E-state index contributed by atoms with van der Waals surface area (Å²) in [7, 11) is 0. The van der Waals surface area contributed by atoms with Crippen LogP contribution in [0, 0.1) is 5.41 Å². The fourth-order valence-electron chi connectivity index (χ4n) is 3.36. The lowest BCUT2D eigenvalue weighted by atomic mass is 10.00. The van der Waals surface area contributed by atoms with Gasteiger partial charge in [-0.15, -0.1) is 0 Å². The largest absolute Gasteiger partial charge is 0.330 e. The number of fused-ring (bicyclic) bond motifs is 1. The van der Waals surface area contributed by atoms with Crippen molar-refractivity contribution in [1.29, 1.82) is 0 Å². The molecule has 0 radical (unpaired) electrons. The molecule has 3 atom stereocenters. The Hall–Kier alpha value is -0.0800. The Morgan fingerprint density at radius 1 is 1.38 bits per heavy atom. The van der Waals surface area contributed by atoms with Gasteiger partial charge in [0.05, 0.1) is 0 Å². The fraction of sp³-hybridized carbons (Fsp3) is 1.00. The average Bonchev–Trinajstić information content (AvgIpc) is 2.55. The predicted molar refractivity (Wildman–Crippen MR) is 55.6 cm³/mol. The zero-order valence-corrected chi connectivity index (χ0v) is 9.30. The highest BCUT2D eigenvalue weighted by Crippen LogP contribution is 2.60. The summed E-state index contributed by atoms with van der Waals surface area (Å²) < 4.78 is 0. The van der Waals surface area contributed by atoms with Crippen molar-refractivity contribution < 1.29 is 0 Å². The van der Waals surface area contributed by atoms with E-state index in [2.05, 4.69) is 32.6 Å². The van der Waals surface area contributed by atoms with Gasteiger partial charge in [-0.3, -0.25) is 4.90 Å². The van der Waals surface area contributed by atoms with E-state index in [9.17, 15) is 0 Å². The van der Waals surface area contributed by atoms with E-state index in [1.807, 2.05) is 0 Å². The number of nitrogens with two attached hydrogens (primary N) is 1. The lowest BCUT2D eigenvalue weighted by Gasteiger charge is -2.37. The van der Waals surface area contributed by atoms with Crippen molar-refractivity contribution in [2.24, 2.45) is 11.1 Å². The third-order valence-corrected chi connectivity index (χ3v) is 3.84. The number of nitrogens with zero attached hydrogens (tertiary/aromatic N) is 1. The first kappa shape index (κ1) is 9.47. The topological polar surface area (TPSA) is 29.3 Å². The number of hydrogen-bond donors (Lipinski definition) is 1. The molecule has 2 N–H and O–H groups in total. The van der Waals surface area contributed by atoms with Crippen molar-refractivity contribution in [2.75, 3.05) is 6.54 Å². The summed E-state index contributed by atoms with van der Waals surface area (Å²) in [4.78, 5) is 2.67. The Morgan fingerprint density at radius 2 is 2.00 bits per heavy atom. The number of piperidine rings is 1. The van der Waals surface area contributed by atoms with Gasteiger partial charge in [0, 0.05) is 23.0 Å². The third kappa shape index (κ3) is 1.23. The Balaban J connectivity index is 2.16. The van der Waals surface area contributed by atoms with Crippen LogP contribution in [0.1, 0.15) is 40.5 Å². The SMILES string of the molecule is C[C@@H]1C[C@@]2(CN)C[C@H]2N1C(C)(C)C. The summed E-state index contributed by atoms with van der Waals surface area (Å²) in [6, 6.07) is 1.51. The van der Waals surface area contributed by atoms with Crippen LogP contribution in [0.2, 0.25) is 0 Å². The summed E-state index contributed by atoms with van der Waals surface area (Å²) >= 11 is 0. The maximum atomic E-state index is 5.85. The van der Waals surface area contributed by atoms with Crippen LogP contribution in [-0.2, 0) is 0 Å². The highest BCUT2D eigenvalue weighted by molar-refractivity contribution is 5.18. The van der Waals surface area contributed by atoms with E-state index in [4.69, 9.17) is 5.73 Å². The van der Waals surface area contributed by atoms with Crippen molar-refractivity contribution in [2.45, 2.75) is 58.2 Å². The lowest BCUT2D eigenvalue weighted by molar-refractivity contribution is 0.104. The molecule has 0 aromatic carbocycles. The van der Waals surface area contributed by atoms with Gasteiger partial charge in [0.2, 0.25) is 0 Å². The monoisotopic (exact) mass is 182 g/mol. The minimum atomic E-state index is 0.317. The standard InChI is InChI=1S/C11H22N2/c1-8-5-11(7-12)6-9(11)13(8)10(2,3)4/h8-9H,5-7,12H2,1-4H3/t8-,9-,11+/m1/s1. The van der Waals surface area contributed by atoms with Gasteiger partial charge in [-0.05, 0) is 47.1 Å². The summed E-state index contributed by atoms with van der Waals surface area (Å²) in [5, 5.41) is 0. The van der Waals surface area contributed by atoms with Gasteiger partial charge in [-0.1, -0.05) is 0 Å². The minimum absolute atomic E-state index is 0.317. The molecular formula is C11H22N2. The van der Waals surface area contributed by atoms with E-state index < -0.39 is 0 Å². The molecular weight excluding hydrogens is 160 g/mol. The van der Waals surface area contributed by atoms with Crippen molar-refractivity contribution in [1.82, 2.24) is 4.90 Å². The molecule has 0 aromatic rings. The summed E-state index contributed by atoms with van der Waals surface area (Å²) in [5.41, 5.74) is 6.67. The van der Waals surface area contributed by atoms with Crippen LogP contribution in [0.3, 0.4) is 0 Å². The number of likely N-dealkylation sites (tertiary alicyclic amines) is 1. The number of rotatable bonds is 1. The zero-order chi connectivity index (χ0) is 9.85. The van der Waals surface area contributed by atoms with Crippen LogP contribution < -0.4 is 5.73 Å². The molecule has 1 saturated carbocycles. The first-order valence-corrected chi connectivity index (χ1v) is 5.39. The zero-order valence-electron chi connectivity index (χ0n) is 9.30. The van der Waals surface area contributed by atoms with Crippen molar-refractivity contribution >= 4 is 0 Å². The Labute approximate surface area is 81.5 Å². The second kappa shape index (κ2) is 2.48. The lowest BCUT2D eigenvalue weighted by Crippen LogP contribution is -2.45. The Bertz CT molecular complexity index is 219. The van der Waals surface area contributed by atoms with E-state index >= 15 is 0 Å². The molecule has 1 aliphatic heterocycles. The molecule has 0 amide bonds. The van der Waals surface area contributed by atoms with Gasteiger partial charge in [-0.25, -0.2) is 0 Å². The van der Waals surface area contributed by atoms with Gasteiger partial charge in [0.15, 0.2) is 0 Å². The summed E-state index contributed by atoms with van der Waals surface area (Å²) in [5.74, 6) is 0. The van der Waals surface area contributed by atoms with Crippen molar-refractivity contribution in [3.05, 3.63) is 0 Å². The van der Waals surface area contributed by atoms with Gasteiger partial charge in [-0.2, -0.15) is 0 Å². The Kier molecular flexibility index (Phi) is 1.81. The maximum Gasteiger partial charge on any atom is 0.0179 e. The second-order valence-corrected chi connectivity index (χ2v) is 5.92. The molecule has 1 heterocycles. The molecule has 0 aromatic heterocycles. The van der Waals surface area contributed by atoms with Gasteiger partial charge in [0.25, 0.3) is 0 Å². The maximum absolute atomic E-state index is 5.85. The van der Waals surface area contributed by atoms with Crippen LogP contribution in [0.4, 0.5) is 0 Å². The molecule has 2 nitrogen and oxygen atoms in total. The molecule has 1 aliphatic carbocycles. The molecule has 2 fully saturated rings. The van der Waals surface area contributed by atoms with Crippen LogP contribution in [0.15, 0.2) is 0 Å². The molecule has 76 valence electrons. The molecule has 13 heavy (non-hydrogen) atoms. The van der Waals surface area contributed by atoms with Crippen molar-refractivity contribution in [3.8, 4) is 0 Å². The first-order chi connectivity index (χ1) is 5.91. The quantitative estimate of drug-likeness (QED) is 0.667. The van der Waals surface area contributed by atoms with E-state index in [1.165, 1.54) is 12.8 Å². The Morgan fingerprint density at radius 3 is 2.31 bits per heavy atom. The van der Waals surface area contributed by atoms with Crippen LogP contribution in [0.25, 0.3) is 0 Å². The van der Waals surface area contributed by atoms with E-state index in [0.717, 1.165) is 18.6 Å². The summed E-state index contributed by atoms with van der Waals surface area (Å²) in [6.45, 7) is 10.2. The second-order valence-electron chi connectivity index (χ2n) is 5.92. The average molecular weight is 182 g/mol. The van der Waals surface area contributed by atoms with E-state index in [-0.39, 0.29) is 0 Å². The molecule has 1 saturated heterocycles. The molecule has 2 rings (SSSR count). The predicted octanol–water partition coefficient (Wildman–Crippen LogP) is 1.60. The normalized spacial score (nSPS) is 45.0. The van der Waals surface area contributed by atoms with Gasteiger partial charge < -0.3 is 5.73 Å². The smallest absolute Gasteiger partial charge is 0.0179 e. The molecule has 0 bridgehead atoms. The molecule has 2 heteroatoms. The fourth-order valence-corrected chi connectivity index (χ4v) is 3.36. The molecule has 0 spiro atoms. The van der Waals surface area contributed by atoms with E-state index in [1.54, 1.807) is 0 Å². The summed E-state index contributed by atoms with van der Waals surface area (Å²) in [6.07, 6.45) is 2.65. The van der Waals surface area contributed by atoms with Crippen LogP contribution >= 0.6 is 0 Å². The van der Waals surface area contributed by atoms with Gasteiger partial charge >= 0.3 is 0 Å². The molecule has 0 unspecified atom stereocenters. The van der Waals surface area contributed by atoms with Crippen molar-refractivity contribution in [3.63, 3.8) is 0 Å². The molecule has 2 aliphatic rings. The number of hydrogen-bond acceptors (Lipinski definition) is 2. The van der Waals surface area contributed by atoms with E-state index in [0.29, 0.717) is 11.0 Å². The highest BCUT2D eigenvalue weighted by atomic mass is 15.3. The van der Waals surface area contributed by atoms with Crippen LogP contribution in [-0.4, -0.2) is 29.1 Å². The third-order valence-electron chi connectivity index (χ3n) is 3.84.